The zero-order chi connectivity index (χ0) is 11.9. The highest BCUT2D eigenvalue weighted by Gasteiger charge is 2.09. The van der Waals surface area contributed by atoms with Gasteiger partial charge in [-0.3, -0.25) is 4.98 Å². The van der Waals surface area contributed by atoms with E-state index in [1.165, 1.54) is 27.5 Å². The van der Waals surface area contributed by atoms with Crippen LogP contribution in [0.3, 0.4) is 0 Å². The van der Waals surface area contributed by atoms with Crippen LogP contribution in [0.4, 0.5) is 0 Å². The van der Waals surface area contributed by atoms with Gasteiger partial charge in [-0.15, -0.1) is 0 Å². The summed E-state index contributed by atoms with van der Waals surface area (Å²) in [6.07, 6.45) is 1.84. The van der Waals surface area contributed by atoms with E-state index < -0.39 is 0 Å². The van der Waals surface area contributed by atoms with Crippen LogP contribution in [0.25, 0.3) is 16.8 Å². The van der Waals surface area contributed by atoms with Crippen LogP contribution in [-0.4, -0.2) is 4.98 Å². The molecule has 2 rings (SSSR count). The number of aryl methyl sites for hydroxylation is 4. The van der Waals surface area contributed by atoms with Crippen molar-refractivity contribution in [3.63, 3.8) is 0 Å². The number of rotatable bonds is 1. The molecule has 0 unspecified atom stereocenters. The number of pyridine rings is 1. The third-order valence-corrected chi connectivity index (χ3v) is 3.16. The van der Waals surface area contributed by atoms with Gasteiger partial charge < -0.3 is 0 Å². The van der Waals surface area contributed by atoms with Crippen molar-refractivity contribution in [1.82, 2.24) is 4.98 Å². The summed E-state index contributed by atoms with van der Waals surface area (Å²) < 4.78 is 0. The number of benzene rings is 1. The van der Waals surface area contributed by atoms with E-state index in [2.05, 4.69) is 51.4 Å². The van der Waals surface area contributed by atoms with Gasteiger partial charge in [-0.1, -0.05) is 18.2 Å². The summed E-state index contributed by atoms with van der Waals surface area (Å²) >= 11 is 0. The Hall–Kier alpha value is -1.63. The van der Waals surface area contributed by atoms with Gasteiger partial charge in [0.15, 0.2) is 0 Å². The van der Waals surface area contributed by atoms with E-state index in [4.69, 9.17) is 0 Å². The van der Waals surface area contributed by atoms with Gasteiger partial charge in [0.25, 0.3) is 0 Å². The average molecular weight is 211 g/mol. The average Bonchev–Trinajstić information content (AvgIpc) is 2.22. The Labute approximate surface area is 96.8 Å². The second-order valence-electron chi connectivity index (χ2n) is 4.42. The van der Waals surface area contributed by atoms with Gasteiger partial charge in [0.1, 0.15) is 0 Å². The molecule has 0 atom stereocenters. The smallest absolute Gasteiger partial charge is 0.0705 e. The molecular formula is C15H17N. The van der Waals surface area contributed by atoms with Crippen molar-refractivity contribution >= 4 is 16.8 Å². The molecule has 0 saturated heterocycles. The third-order valence-electron chi connectivity index (χ3n) is 3.16. The predicted octanol–water partition coefficient (Wildman–Crippen LogP) is 4.11. The molecule has 0 aliphatic heterocycles. The van der Waals surface area contributed by atoms with Crippen LogP contribution in [0.2, 0.25) is 0 Å². The lowest BCUT2D eigenvalue weighted by Gasteiger charge is -2.12. The van der Waals surface area contributed by atoms with E-state index in [0.29, 0.717) is 0 Å². The zero-order valence-electron chi connectivity index (χ0n) is 10.4. The van der Waals surface area contributed by atoms with E-state index in [9.17, 15) is 0 Å². The molecule has 0 aliphatic carbocycles. The lowest BCUT2D eigenvalue weighted by atomic mass is 9.96. The monoisotopic (exact) mass is 211 g/mol. The highest BCUT2D eigenvalue weighted by molar-refractivity contribution is 5.94. The Bertz CT molecular complexity index is 580. The van der Waals surface area contributed by atoms with Crippen molar-refractivity contribution in [2.75, 3.05) is 0 Å². The molecule has 0 amide bonds. The normalized spacial score (nSPS) is 10.8. The van der Waals surface area contributed by atoms with Gasteiger partial charge in [-0.05, 0) is 56.4 Å². The van der Waals surface area contributed by atoms with Gasteiger partial charge in [0.05, 0.1) is 5.69 Å². The van der Waals surface area contributed by atoms with Crippen molar-refractivity contribution < 1.29 is 0 Å². The first kappa shape index (κ1) is 10.9. The molecule has 0 fully saturated rings. The molecule has 0 bridgehead atoms. The topological polar surface area (TPSA) is 12.9 Å². The van der Waals surface area contributed by atoms with Crippen LogP contribution >= 0.6 is 0 Å². The summed E-state index contributed by atoms with van der Waals surface area (Å²) in [5, 5.41) is 2.55. The molecule has 1 heteroatoms. The quantitative estimate of drug-likeness (QED) is 0.691. The Balaban J connectivity index is 3.04. The summed E-state index contributed by atoms with van der Waals surface area (Å²) in [4.78, 5) is 4.58. The first-order chi connectivity index (χ1) is 7.54. The molecule has 1 heterocycles. The fourth-order valence-corrected chi connectivity index (χ4v) is 2.33. The van der Waals surface area contributed by atoms with Gasteiger partial charge in [0, 0.05) is 11.1 Å². The largest absolute Gasteiger partial charge is 0.253 e. The van der Waals surface area contributed by atoms with Gasteiger partial charge in [-0.25, -0.2) is 0 Å². The molecule has 1 nitrogen and oxygen atoms in total. The number of hydrogen-bond acceptors (Lipinski definition) is 1. The van der Waals surface area contributed by atoms with Crippen molar-refractivity contribution in [3.8, 4) is 0 Å². The standard InChI is InChI=1S/C15H17N/c1-6-14-13-8-9(2)7-10(3)15(13)11(4)12(5)16-14/h6-8H,1H2,2-5H3. The molecule has 2 aromatic rings. The first-order valence-corrected chi connectivity index (χ1v) is 5.55. The van der Waals surface area contributed by atoms with Crippen LogP contribution in [0.15, 0.2) is 18.7 Å². The molecule has 0 aliphatic rings. The van der Waals surface area contributed by atoms with Crippen molar-refractivity contribution in [3.05, 3.63) is 46.8 Å². The highest BCUT2D eigenvalue weighted by atomic mass is 14.7. The summed E-state index contributed by atoms with van der Waals surface area (Å²) in [7, 11) is 0. The number of fused-ring (bicyclic) bond motifs is 1. The number of nitrogens with zero attached hydrogens (tertiary/aromatic N) is 1. The van der Waals surface area contributed by atoms with Crippen LogP contribution in [0.1, 0.15) is 28.1 Å². The maximum atomic E-state index is 4.58. The van der Waals surface area contributed by atoms with Gasteiger partial charge in [0.2, 0.25) is 0 Å². The van der Waals surface area contributed by atoms with Crippen LogP contribution in [0.5, 0.6) is 0 Å². The van der Waals surface area contributed by atoms with Crippen molar-refractivity contribution in [2.24, 2.45) is 0 Å². The van der Waals surface area contributed by atoms with Gasteiger partial charge in [-0.2, -0.15) is 0 Å². The van der Waals surface area contributed by atoms with Crippen molar-refractivity contribution in [2.45, 2.75) is 27.7 Å². The van der Waals surface area contributed by atoms with Crippen molar-refractivity contribution in [1.29, 1.82) is 0 Å². The number of aromatic nitrogens is 1. The SMILES string of the molecule is C=Cc1nc(C)c(C)c2c(C)cc(C)cc12. The van der Waals surface area contributed by atoms with E-state index in [1.54, 1.807) is 0 Å². The summed E-state index contributed by atoms with van der Waals surface area (Å²) in [5.74, 6) is 0. The van der Waals surface area contributed by atoms with E-state index in [0.717, 1.165) is 11.4 Å². The molecule has 0 spiro atoms. The Morgan fingerprint density at radius 2 is 1.81 bits per heavy atom. The third kappa shape index (κ3) is 1.53. The minimum Gasteiger partial charge on any atom is -0.253 e. The molecule has 0 saturated carbocycles. The second-order valence-corrected chi connectivity index (χ2v) is 4.42. The molecular weight excluding hydrogens is 194 g/mol. The fraction of sp³-hybridized carbons (Fsp3) is 0.267. The number of hydrogen-bond donors (Lipinski definition) is 0. The van der Waals surface area contributed by atoms with Crippen LogP contribution < -0.4 is 0 Å². The van der Waals surface area contributed by atoms with E-state index in [-0.39, 0.29) is 0 Å². The molecule has 1 aromatic carbocycles. The second kappa shape index (κ2) is 3.75. The van der Waals surface area contributed by atoms with Gasteiger partial charge >= 0.3 is 0 Å². The molecule has 0 N–H and O–H groups in total. The lowest BCUT2D eigenvalue weighted by Crippen LogP contribution is -1.96. The minimum absolute atomic E-state index is 0.991. The van der Waals surface area contributed by atoms with Crippen LogP contribution in [0, 0.1) is 27.7 Å². The summed E-state index contributed by atoms with van der Waals surface area (Å²) in [6.45, 7) is 12.3. The zero-order valence-corrected chi connectivity index (χ0v) is 10.4. The molecule has 0 radical (unpaired) electrons. The maximum absolute atomic E-state index is 4.58. The Kier molecular flexibility index (Phi) is 2.55. The predicted molar refractivity (Wildman–Crippen MR) is 70.8 cm³/mol. The lowest BCUT2D eigenvalue weighted by molar-refractivity contribution is 1.16. The summed E-state index contributed by atoms with van der Waals surface area (Å²) in [6, 6.07) is 4.42. The van der Waals surface area contributed by atoms with E-state index in [1.807, 2.05) is 6.08 Å². The molecule has 1 aromatic heterocycles. The maximum Gasteiger partial charge on any atom is 0.0705 e. The molecule has 16 heavy (non-hydrogen) atoms. The Morgan fingerprint density at radius 3 is 2.44 bits per heavy atom. The Morgan fingerprint density at radius 1 is 1.12 bits per heavy atom. The summed E-state index contributed by atoms with van der Waals surface area (Å²) in [5.41, 5.74) is 5.96. The minimum atomic E-state index is 0.991. The van der Waals surface area contributed by atoms with E-state index >= 15 is 0 Å². The fourth-order valence-electron chi connectivity index (χ4n) is 2.33. The highest BCUT2D eigenvalue weighted by Crippen LogP contribution is 2.28. The first-order valence-electron chi connectivity index (χ1n) is 5.55. The molecule has 82 valence electrons. The van der Waals surface area contributed by atoms with Crippen LogP contribution in [-0.2, 0) is 0 Å².